The molecule has 0 bridgehead atoms. The Morgan fingerprint density at radius 3 is 2.65 bits per heavy atom. The molecule has 2 aromatic rings. The summed E-state index contributed by atoms with van der Waals surface area (Å²) < 4.78 is 1.99. The van der Waals surface area contributed by atoms with Crippen molar-refractivity contribution < 1.29 is 4.79 Å². The molecule has 1 heterocycles. The Morgan fingerprint density at radius 1 is 1.30 bits per heavy atom. The van der Waals surface area contributed by atoms with E-state index >= 15 is 0 Å². The van der Waals surface area contributed by atoms with E-state index in [2.05, 4.69) is 24.3 Å². The second-order valence-corrected chi connectivity index (χ2v) is 6.77. The lowest BCUT2D eigenvalue weighted by Gasteiger charge is -2.10. The molecule has 23 heavy (non-hydrogen) atoms. The molecule has 1 amide bonds. The third kappa shape index (κ3) is 4.14. The number of aryl methyl sites for hydroxylation is 1. The lowest BCUT2D eigenvalue weighted by atomic mass is 10.1. The van der Waals surface area contributed by atoms with Gasteiger partial charge in [-0.1, -0.05) is 31.5 Å². The molecule has 0 saturated heterocycles. The second-order valence-electron chi connectivity index (χ2n) is 6.36. The van der Waals surface area contributed by atoms with Crippen molar-refractivity contribution in [1.29, 1.82) is 0 Å². The van der Waals surface area contributed by atoms with Gasteiger partial charge >= 0.3 is 0 Å². The molecule has 0 aliphatic carbocycles. The Balaban J connectivity index is 2.14. The predicted octanol–water partition coefficient (Wildman–Crippen LogP) is 4.30. The van der Waals surface area contributed by atoms with Crippen LogP contribution < -0.4 is 5.32 Å². The van der Waals surface area contributed by atoms with Crippen molar-refractivity contribution >= 4 is 23.2 Å². The van der Waals surface area contributed by atoms with E-state index in [1.165, 1.54) is 0 Å². The van der Waals surface area contributed by atoms with Crippen LogP contribution in [0.15, 0.2) is 18.2 Å². The van der Waals surface area contributed by atoms with Gasteiger partial charge < -0.3 is 5.32 Å². The number of nitrogens with one attached hydrogen (secondary N) is 1. The zero-order valence-electron chi connectivity index (χ0n) is 14.4. The van der Waals surface area contributed by atoms with E-state index in [0.29, 0.717) is 17.4 Å². The maximum atomic E-state index is 12.4. The molecule has 0 saturated carbocycles. The van der Waals surface area contributed by atoms with Crippen LogP contribution in [0.3, 0.4) is 0 Å². The normalized spacial score (nSPS) is 11.1. The van der Waals surface area contributed by atoms with Crippen molar-refractivity contribution in [2.75, 3.05) is 5.32 Å². The highest BCUT2D eigenvalue weighted by Crippen LogP contribution is 2.23. The molecule has 4 nitrogen and oxygen atoms in total. The molecular formula is C18H24ClN3O. The number of anilines is 1. The van der Waals surface area contributed by atoms with Crippen LogP contribution in [0.4, 0.5) is 5.69 Å². The van der Waals surface area contributed by atoms with Gasteiger partial charge in [0.05, 0.1) is 12.1 Å². The third-order valence-electron chi connectivity index (χ3n) is 3.95. The van der Waals surface area contributed by atoms with E-state index in [4.69, 9.17) is 11.6 Å². The summed E-state index contributed by atoms with van der Waals surface area (Å²) in [5.41, 5.74) is 4.62. The minimum atomic E-state index is -0.0503. The number of aromatic nitrogens is 2. The maximum Gasteiger partial charge on any atom is 0.228 e. The summed E-state index contributed by atoms with van der Waals surface area (Å²) in [4.78, 5) is 12.4. The fourth-order valence-corrected chi connectivity index (χ4v) is 2.79. The van der Waals surface area contributed by atoms with Crippen LogP contribution in [0.1, 0.15) is 36.4 Å². The summed E-state index contributed by atoms with van der Waals surface area (Å²) in [6.45, 7) is 11.1. The first-order valence-electron chi connectivity index (χ1n) is 7.87. The summed E-state index contributed by atoms with van der Waals surface area (Å²) in [5, 5.41) is 8.15. The van der Waals surface area contributed by atoms with Crippen LogP contribution in [0.2, 0.25) is 5.02 Å². The van der Waals surface area contributed by atoms with Crippen LogP contribution in [0, 0.1) is 26.7 Å². The number of amides is 1. The Bertz CT molecular complexity index is 719. The number of nitrogens with zero attached hydrogens (tertiary/aromatic N) is 2. The molecule has 0 radical (unpaired) electrons. The summed E-state index contributed by atoms with van der Waals surface area (Å²) in [7, 11) is 0. The van der Waals surface area contributed by atoms with Gasteiger partial charge in [0.2, 0.25) is 5.91 Å². The fraction of sp³-hybridized carbons (Fsp3) is 0.444. The molecule has 1 aromatic carbocycles. The molecule has 0 unspecified atom stereocenters. The number of benzene rings is 1. The van der Waals surface area contributed by atoms with Gasteiger partial charge in [0.25, 0.3) is 0 Å². The number of hydrogen-bond acceptors (Lipinski definition) is 2. The van der Waals surface area contributed by atoms with Gasteiger partial charge in [-0.3, -0.25) is 9.48 Å². The number of carbonyl (C=O) groups excluding carboxylic acids is 1. The van der Waals surface area contributed by atoms with E-state index in [-0.39, 0.29) is 5.91 Å². The maximum absolute atomic E-state index is 12.4. The Kier molecular flexibility index (Phi) is 5.47. The average Bonchev–Trinajstić information content (AvgIpc) is 2.71. The number of hydrogen-bond donors (Lipinski definition) is 1. The first kappa shape index (κ1) is 17.5. The summed E-state index contributed by atoms with van der Waals surface area (Å²) in [5.74, 6) is 0.467. The van der Waals surface area contributed by atoms with Crippen molar-refractivity contribution in [3.05, 3.63) is 45.7 Å². The number of carbonyl (C=O) groups is 1. The van der Waals surface area contributed by atoms with Crippen LogP contribution in [0.5, 0.6) is 0 Å². The smallest absolute Gasteiger partial charge is 0.228 e. The molecule has 0 atom stereocenters. The second kappa shape index (κ2) is 7.18. The van der Waals surface area contributed by atoms with Gasteiger partial charge in [0, 0.05) is 28.5 Å². The Hall–Kier alpha value is -1.81. The molecule has 0 aliphatic heterocycles. The van der Waals surface area contributed by atoms with Gasteiger partial charge in [-0.05, 0) is 44.4 Å². The standard InChI is InChI=1S/C18H24ClN3O/c1-11(2)10-22-14(5)15(13(4)21-22)9-18(23)20-17-8-6-7-16(19)12(17)3/h6-8,11H,9-10H2,1-5H3,(H,20,23). The van der Waals surface area contributed by atoms with E-state index in [1.807, 2.05) is 43.7 Å². The highest BCUT2D eigenvalue weighted by Gasteiger charge is 2.16. The molecule has 2 rings (SSSR count). The predicted molar refractivity (Wildman–Crippen MR) is 95.1 cm³/mol. The molecule has 0 spiro atoms. The van der Waals surface area contributed by atoms with Crippen molar-refractivity contribution in [2.45, 2.75) is 47.6 Å². The Morgan fingerprint density at radius 2 is 2.00 bits per heavy atom. The van der Waals surface area contributed by atoms with Crippen LogP contribution >= 0.6 is 11.6 Å². The first-order valence-corrected chi connectivity index (χ1v) is 8.25. The minimum Gasteiger partial charge on any atom is -0.326 e. The molecule has 5 heteroatoms. The molecule has 1 aromatic heterocycles. The van der Waals surface area contributed by atoms with E-state index < -0.39 is 0 Å². The fourth-order valence-electron chi connectivity index (χ4n) is 2.61. The van der Waals surface area contributed by atoms with Crippen molar-refractivity contribution in [3.8, 4) is 0 Å². The largest absolute Gasteiger partial charge is 0.326 e. The zero-order valence-corrected chi connectivity index (χ0v) is 15.2. The number of halogens is 1. The van der Waals surface area contributed by atoms with Gasteiger partial charge in [-0.25, -0.2) is 0 Å². The Labute approximate surface area is 142 Å². The van der Waals surface area contributed by atoms with Crippen molar-refractivity contribution in [3.63, 3.8) is 0 Å². The molecule has 0 aliphatic rings. The van der Waals surface area contributed by atoms with Gasteiger partial charge in [-0.15, -0.1) is 0 Å². The monoisotopic (exact) mass is 333 g/mol. The van der Waals surface area contributed by atoms with Gasteiger partial charge in [0.1, 0.15) is 0 Å². The zero-order chi connectivity index (χ0) is 17.1. The lowest BCUT2D eigenvalue weighted by molar-refractivity contribution is -0.115. The minimum absolute atomic E-state index is 0.0503. The first-order chi connectivity index (χ1) is 10.8. The van der Waals surface area contributed by atoms with E-state index in [0.717, 1.165) is 34.7 Å². The van der Waals surface area contributed by atoms with Gasteiger partial charge in [0.15, 0.2) is 0 Å². The highest BCUT2D eigenvalue weighted by atomic mass is 35.5. The van der Waals surface area contributed by atoms with E-state index in [9.17, 15) is 4.79 Å². The quantitative estimate of drug-likeness (QED) is 0.886. The molecule has 1 N–H and O–H groups in total. The van der Waals surface area contributed by atoms with Crippen LogP contribution in [-0.2, 0) is 17.8 Å². The third-order valence-corrected chi connectivity index (χ3v) is 4.36. The topological polar surface area (TPSA) is 46.9 Å². The summed E-state index contributed by atoms with van der Waals surface area (Å²) >= 11 is 6.10. The summed E-state index contributed by atoms with van der Waals surface area (Å²) in [6, 6.07) is 5.51. The highest BCUT2D eigenvalue weighted by molar-refractivity contribution is 6.31. The van der Waals surface area contributed by atoms with Gasteiger partial charge in [-0.2, -0.15) is 5.10 Å². The average molecular weight is 334 g/mol. The van der Waals surface area contributed by atoms with Crippen molar-refractivity contribution in [2.24, 2.45) is 5.92 Å². The molecular weight excluding hydrogens is 310 g/mol. The molecule has 124 valence electrons. The van der Waals surface area contributed by atoms with Crippen LogP contribution in [0.25, 0.3) is 0 Å². The van der Waals surface area contributed by atoms with Crippen LogP contribution in [-0.4, -0.2) is 15.7 Å². The van der Waals surface area contributed by atoms with Crippen molar-refractivity contribution in [1.82, 2.24) is 9.78 Å². The molecule has 0 fully saturated rings. The number of rotatable bonds is 5. The lowest BCUT2D eigenvalue weighted by Crippen LogP contribution is -2.16. The SMILES string of the molecule is Cc1nn(CC(C)C)c(C)c1CC(=O)Nc1cccc(Cl)c1C. The summed E-state index contributed by atoms with van der Waals surface area (Å²) in [6.07, 6.45) is 0.321. The van der Waals surface area contributed by atoms with E-state index in [1.54, 1.807) is 0 Å².